The highest BCUT2D eigenvalue weighted by Crippen LogP contribution is 2.31. The second kappa shape index (κ2) is 8.33. The minimum Gasteiger partial charge on any atom is -0.332 e. The summed E-state index contributed by atoms with van der Waals surface area (Å²) in [4.78, 5) is 19.9. The van der Waals surface area contributed by atoms with Crippen molar-refractivity contribution in [3.8, 4) is 0 Å². The monoisotopic (exact) mass is 412 g/mol. The van der Waals surface area contributed by atoms with Crippen molar-refractivity contribution in [2.24, 2.45) is 0 Å². The van der Waals surface area contributed by atoms with Gasteiger partial charge in [0.05, 0.1) is 5.69 Å². The molecule has 8 heteroatoms. The quantitative estimate of drug-likeness (QED) is 0.490. The fourth-order valence-electron chi connectivity index (χ4n) is 2.71. The zero-order chi connectivity index (χ0) is 18.6. The minimum absolute atomic E-state index is 0.214. The molecule has 26 heavy (non-hydrogen) atoms. The molecule has 138 valence electrons. The van der Waals surface area contributed by atoms with Gasteiger partial charge in [0.2, 0.25) is 15.6 Å². The maximum atomic E-state index is 12.3. The van der Waals surface area contributed by atoms with Gasteiger partial charge in [-0.3, -0.25) is 4.79 Å². The molecule has 2 aromatic rings. The van der Waals surface area contributed by atoms with Crippen molar-refractivity contribution in [3.05, 3.63) is 53.4 Å². The molecule has 0 spiro atoms. The molecule has 0 saturated heterocycles. The zero-order valence-corrected chi connectivity index (χ0v) is 16.2. The van der Waals surface area contributed by atoms with E-state index in [1.54, 1.807) is 0 Å². The lowest BCUT2D eigenvalue weighted by Gasteiger charge is -2.26. The fraction of sp³-hybridized carbons (Fsp3) is 0.333. The van der Waals surface area contributed by atoms with Crippen molar-refractivity contribution in [2.45, 2.75) is 35.6 Å². The molecule has 5 nitrogen and oxygen atoms in total. The van der Waals surface area contributed by atoms with E-state index in [1.807, 2.05) is 36.4 Å². The molecule has 0 fully saturated rings. The maximum absolute atomic E-state index is 12.3. The van der Waals surface area contributed by atoms with Crippen molar-refractivity contribution >= 4 is 52.7 Å². The summed E-state index contributed by atoms with van der Waals surface area (Å²) < 4.78 is -1.73. The van der Waals surface area contributed by atoms with Gasteiger partial charge in [0.1, 0.15) is 6.17 Å². The molecule has 1 aliphatic rings. The minimum atomic E-state index is -1.73. The summed E-state index contributed by atoms with van der Waals surface area (Å²) in [5, 5.41) is 5.71. The first kappa shape index (κ1) is 19.1. The van der Waals surface area contributed by atoms with Gasteiger partial charge in [0.25, 0.3) is 0 Å². The highest BCUT2D eigenvalue weighted by Gasteiger charge is 2.34. The number of imidazole rings is 1. The van der Waals surface area contributed by atoms with E-state index < -0.39 is 9.96 Å². The molecule has 3 rings (SSSR count). The van der Waals surface area contributed by atoms with E-state index in [4.69, 9.17) is 34.8 Å². The Bertz CT molecular complexity index is 783. The number of amides is 1. The number of H-pyrrole nitrogens is 1. The second-order valence-corrected chi connectivity index (χ2v) is 8.43. The molecule has 0 radical (unpaired) electrons. The highest BCUT2D eigenvalue weighted by atomic mass is 35.6. The Kier molecular flexibility index (Phi) is 6.12. The van der Waals surface area contributed by atoms with E-state index in [0.29, 0.717) is 18.8 Å². The molecular weight excluding hydrogens is 395 g/mol. The molecule has 1 aromatic heterocycles. The number of carbonyl (C=O) groups excluding carboxylic acids is 1. The predicted octanol–water partition coefficient (Wildman–Crippen LogP) is 4.23. The predicted molar refractivity (Wildman–Crippen MR) is 107 cm³/mol. The van der Waals surface area contributed by atoms with Gasteiger partial charge < -0.3 is 15.6 Å². The van der Waals surface area contributed by atoms with Crippen molar-refractivity contribution < 1.29 is 4.79 Å². The van der Waals surface area contributed by atoms with Gasteiger partial charge in [-0.1, -0.05) is 71.2 Å². The molecule has 0 aliphatic heterocycles. The normalized spacial score (nSPS) is 14.6. The van der Waals surface area contributed by atoms with Crippen LogP contribution in [0.4, 0.5) is 5.95 Å². The van der Waals surface area contributed by atoms with Crippen molar-refractivity contribution in [1.82, 2.24) is 15.3 Å². The van der Waals surface area contributed by atoms with Crippen LogP contribution in [-0.4, -0.2) is 25.8 Å². The average Bonchev–Trinajstić information content (AvgIpc) is 3.02. The van der Waals surface area contributed by atoms with E-state index in [0.717, 1.165) is 29.8 Å². The summed E-state index contributed by atoms with van der Waals surface area (Å²) in [6.45, 7) is 0. The Morgan fingerprint density at radius 3 is 2.73 bits per heavy atom. The van der Waals surface area contributed by atoms with Crippen molar-refractivity contribution in [2.75, 3.05) is 5.32 Å². The third-order valence-corrected chi connectivity index (χ3v) is 4.70. The summed E-state index contributed by atoms with van der Waals surface area (Å²) in [7, 11) is 0. The smallest absolute Gasteiger partial charge is 0.228 e. The first-order valence-electron chi connectivity index (χ1n) is 8.34. The van der Waals surface area contributed by atoms with Crippen LogP contribution >= 0.6 is 34.8 Å². The second-order valence-electron chi connectivity index (χ2n) is 6.06. The van der Waals surface area contributed by atoms with E-state index >= 15 is 0 Å². The number of aryl methyl sites for hydroxylation is 2. The number of alkyl halides is 3. The number of hydrogen-bond acceptors (Lipinski definition) is 3. The lowest BCUT2D eigenvalue weighted by molar-refractivity contribution is -0.121. The first-order valence-corrected chi connectivity index (χ1v) is 9.47. The van der Waals surface area contributed by atoms with Gasteiger partial charge in [-0.25, -0.2) is 4.98 Å². The summed E-state index contributed by atoms with van der Waals surface area (Å²) in [5.41, 5.74) is 2.96. The highest BCUT2D eigenvalue weighted by molar-refractivity contribution is 6.68. The molecule has 0 bridgehead atoms. The Morgan fingerprint density at radius 2 is 2.04 bits per heavy atom. The molecule has 1 amide bonds. The average molecular weight is 414 g/mol. The van der Waals surface area contributed by atoms with E-state index in [1.165, 1.54) is 0 Å². The number of rotatable bonds is 6. The van der Waals surface area contributed by atoms with Crippen molar-refractivity contribution in [1.29, 1.82) is 0 Å². The number of halogens is 3. The van der Waals surface area contributed by atoms with Crippen LogP contribution in [0.2, 0.25) is 0 Å². The van der Waals surface area contributed by atoms with Crippen molar-refractivity contribution in [3.63, 3.8) is 0 Å². The van der Waals surface area contributed by atoms with Gasteiger partial charge in [0.15, 0.2) is 0 Å². The number of aromatic amines is 1. The topological polar surface area (TPSA) is 69.8 Å². The van der Waals surface area contributed by atoms with Crippen LogP contribution in [0.3, 0.4) is 0 Å². The molecule has 1 aromatic carbocycles. The largest absolute Gasteiger partial charge is 0.332 e. The summed E-state index contributed by atoms with van der Waals surface area (Å²) in [6.07, 6.45) is 5.83. The molecule has 0 saturated carbocycles. The SMILES string of the molecule is O=C(CCc1ccccc1)NC(Nc1nc2c([nH]1)CCC=C2)C(Cl)(Cl)Cl. The van der Waals surface area contributed by atoms with Crippen LogP contribution < -0.4 is 10.6 Å². The molecule has 1 heterocycles. The standard InChI is InChI=1S/C18H19Cl3N4O/c19-18(20,21)16(24-15(26)11-10-12-6-2-1-3-7-12)25-17-22-13-8-4-5-9-14(13)23-17/h1-4,6-8,16H,5,9-11H2,(H,24,26)(H2,22,23,25). The van der Waals surface area contributed by atoms with E-state index in [2.05, 4.69) is 26.7 Å². The van der Waals surface area contributed by atoms with Crippen LogP contribution in [-0.2, 0) is 17.6 Å². The van der Waals surface area contributed by atoms with Gasteiger partial charge in [-0.2, -0.15) is 0 Å². The summed E-state index contributed by atoms with van der Waals surface area (Å²) in [6, 6.07) is 9.75. The molecule has 1 aliphatic carbocycles. The van der Waals surface area contributed by atoms with E-state index in [-0.39, 0.29) is 5.91 Å². The van der Waals surface area contributed by atoms with Crippen LogP contribution in [0.1, 0.15) is 29.8 Å². The number of nitrogens with one attached hydrogen (secondary N) is 3. The van der Waals surface area contributed by atoms with Gasteiger partial charge in [0, 0.05) is 12.1 Å². The zero-order valence-electron chi connectivity index (χ0n) is 13.9. The Labute approximate surface area is 167 Å². The molecule has 3 N–H and O–H groups in total. The lowest BCUT2D eigenvalue weighted by atomic mass is 10.1. The van der Waals surface area contributed by atoms with Crippen LogP contribution in [0.5, 0.6) is 0 Å². The molecule has 1 unspecified atom stereocenters. The molecular formula is C18H19Cl3N4O. The lowest BCUT2D eigenvalue weighted by Crippen LogP contribution is -2.49. The van der Waals surface area contributed by atoms with E-state index in [9.17, 15) is 4.79 Å². The summed E-state index contributed by atoms with van der Waals surface area (Å²) >= 11 is 18.1. The number of hydrogen-bond donors (Lipinski definition) is 3. The van der Waals surface area contributed by atoms with Crippen LogP contribution in [0.25, 0.3) is 6.08 Å². The van der Waals surface area contributed by atoms with Gasteiger partial charge >= 0.3 is 0 Å². The number of carbonyl (C=O) groups is 1. The number of aromatic nitrogens is 2. The van der Waals surface area contributed by atoms with Crippen LogP contribution in [0, 0.1) is 0 Å². The molecule has 1 atom stereocenters. The third kappa shape index (κ3) is 5.16. The Balaban J connectivity index is 1.62. The number of benzene rings is 1. The van der Waals surface area contributed by atoms with Crippen LogP contribution in [0.15, 0.2) is 36.4 Å². The Morgan fingerprint density at radius 1 is 1.27 bits per heavy atom. The fourth-order valence-corrected chi connectivity index (χ4v) is 3.04. The third-order valence-electron chi connectivity index (χ3n) is 4.04. The number of fused-ring (bicyclic) bond motifs is 1. The number of anilines is 1. The van der Waals surface area contributed by atoms with Gasteiger partial charge in [-0.15, -0.1) is 0 Å². The van der Waals surface area contributed by atoms with Gasteiger partial charge in [-0.05, 0) is 30.9 Å². The first-order chi connectivity index (χ1) is 12.4. The maximum Gasteiger partial charge on any atom is 0.228 e. The number of allylic oxidation sites excluding steroid dienone is 1. The number of nitrogens with zero attached hydrogens (tertiary/aromatic N) is 1. The summed E-state index contributed by atoms with van der Waals surface area (Å²) in [5.74, 6) is 0.245. The Hall–Kier alpha value is -1.69.